The molecule has 1 aliphatic heterocycles. The van der Waals surface area contributed by atoms with Crippen molar-refractivity contribution in [3.05, 3.63) is 71.5 Å². The third kappa shape index (κ3) is 4.46. The largest absolute Gasteiger partial charge is 0.292 e. The maximum atomic E-state index is 14.4. The van der Waals surface area contributed by atoms with Crippen LogP contribution in [0.5, 0.6) is 0 Å². The van der Waals surface area contributed by atoms with Gasteiger partial charge in [0.25, 0.3) is 5.91 Å². The first-order valence-electron chi connectivity index (χ1n) is 11.1. The van der Waals surface area contributed by atoms with E-state index < -0.39 is 0 Å². The molecular formula is C25H30FN3O. The summed E-state index contributed by atoms with van der Waals surface area (Å²) in [5.74, 6) is -0.308. The number of nitrogens with zero attached hydrogens (tertiary/aromatic N) is 3. The van der Waals surface area contributed by atoms with Crippen molar-refractivity contribution in [3.63, 3.8) is 0 Å². The Morgan fingerprint density at radius 3 is 2.47 bits per heavy atom. The fourth-order valence-electron chi connectivity index (χ4n) is 4.72. The van der Waals surface area contributed by atoms with E-state index >= 15 is 0 Å². The van der Waals surface area contributed by atoms with Gasteiger partial charge in [-0.3, -0.25) is 9.69 Å². The van der Waals surface area contributed by atoms with Gasteiger partial charge >= 0.3 is 0 Å². The van der Waals surface area contributed by atoms with Crippen LogP contribution in [0.25, 0.3) is 0 Å². The average molecular weight is 408 g/mol. The first-order valence-corrected chi connectivity index (χ1v) is 11.1. The monoisotopic (exact) mass is 407 g/mol. The maximum absolute atomic E-state index is 14.4. The van der Waals surface area contributed by atoms with E-state index in [1.54, 1.807) is 17.1 Å². The third-order valence-electron chi connectivity index (χ3n) is 6.37. The van der Waals surface area contributed by atoms with Crippen molar-refractivity contribution in [2.24, 2.45) is 5.10 Å². The highest BCUT2D eigenvalue weighted by Gasteiger charge is 2.35. The van der Waals surface area contributed by atoms with Gasteiger partial charge in [0.05, 0.1) is 18.3 Å². The molecule has 2 aliphatic rings. The third-order valence-corrected chi connectivity index (χ3v) is 6.37. The molecule has 4 nitrogen and oxygen atoms in total. The van der Waals surface area contributed by atoms with Crippen molar-refractivity contribution in [2.75, 3.05) is 13.1 Å². The zero-order valence-corrected chi connectivity index (χ0v) is 17.6. The fraction of sp³-hybridized carbons (Fsp3) is 0.440. The van der Waals surface area contributed by atoms with Crippen molar-refractivity contribution in [1.82, 2.24) is 9.91 Å². The van der Waals surface area contributed by atoms with Gasteiger partial charge in [-0.05, 0) is 31.0 Å². The fourth-order valence-corrected chi connectivity index (χ4v) is 4.72. The summed E-state index contributed by atoms with van der Waals surface area (Å²) >= 11 is 0. The molecule has 1 saturated carbocycles. The standard InChI is InChI=1S/C25H30FN3O/c1-2-28(20-13-7-4-8-14-20)18-25(30)29-24(19-11-5-3-6-12-19)17-23(27-29)21-15-9-10-16-22(21)26/h3,5-6,9-12,15-16,20,24H,2,4,7-8,13-14,17-18H2,1H3. The van der Waals surface area contributed by atoms with E-state index in [2.05, 4.69) is 16.9 Å². The molecule has 0 saturated heterocycles. The Labute approximate surface area is 178 Å². The van der Waals surface area contributed by atoms with Gasteiger partial charge in [-0.1, -0.05) is 74.7 Å². The van der Waals surface area contributed by atoms with Crippen molar-refractivity contribution >= 4 is 11.6 Å². The van der Waals surface area contributed by atoms with E-state index in [1.165, 1.54) is 25.3 Å². The highest BCUT2D eigenvalue weighted by molar-refractivity contribution is 6.03. The van der Waals surface area contributed by atoms with Gasteiger partial charge in [-0.2, -0.15) is 5.10 Å². The molecule has 1 amide bonds. The molecular weight excluding hydrogens is 377 g/mol. The van der Waals surface area contributed by atoms with Crippen molar-refractivity contribution in [1.29, 1.82) is 0 Å². The van der Waals surface area contributed by atoms with Crippen LogP contribution in [0.2, 0.25) is 0 Å². The molecule has 1 atom stereocenters. The highest BCUT2D eigenvalue weighted by atomic mass is 19.1. The van der Waals surface area contributed by atoms with Crippen LogP contribution in [0.4, 0.5) is 4.39 Å². The summed E-state index contributed by atoms with van der Waals surface area (Å²) in [6.45, 7) is 3.33. The van der Waals surface area contributed by atoms with Crippen molar-refractivity contribution < 1.29 is 9.18 Å². The Morgan fingerprint density at radius 1 is 1.07 bits per heavy atom. The Kier molecular flexibility index (Phi) is 6.58. The molecule has 1 aliphatic carbocycles. The molecule has 1 unspecified atom stereocenters. The predicted octanol–water partition coefficient (Wildman–Crippen LogP) is 5.16. The molecule has 2 aromatic rings. The quantitative estimate of drug-likeness (QED) is 0.663. The molecule has 158 valence electrons. The van der Waals surface area contributed by atoms with Gasteiger partial charge in [0.15, 0.2) is 0 Å². The molecule has 1 fully saturated rings. The van der Waals surface area contributed by atoms with Crippen LogP contribution in [-0.4, -0.2) is 40.7 Å². The summed E-state index contributed by atoms with van der Waals surface area (Å²) in [6, 6.07) is 16.9. The summed E-state index contributed by atoms with van der Waals surface area (Å²) in [6.07, 6.45) is 6.61. The molecule has 30 heavy (non-hydrogen) atoms. The van der Waals surface area contributed by atoms with Crippen LogP contribution in [0.1, 0.15) is 62.6 Å². The van der Waals surface area contributed by atoms with Gasteiger partial charge in [-0.25, -0.2) is 9.40 Å². The van der Waals surface area contributed by atoms with Crippen LogP contribution in [0.15, 0.2) is 59.7 Å². The highest BCUT2D eigenvalue weighted by Crippen LogP contribution is 2.33. The number of hydrogen-bond donors (Lipinski definition) is 0. The van der Waals surface area contributed by atoms with Gasteiger partial charge < -0.3 is 0 Å². The van der Waals surface area contributed by atoms with E-state index in [4.69, 9.17) is 0 Å². The normalized spacial score (nSPS) is 19.9. The molecule has 1 heterocycles. The zero-order chi connectivity index (χ0) is 20.9. The van der Waals surface area contributed by atoms with E-state index in [1.807, 2.05) is 36.4 Å². The Morgan fingerprint density at radius 2 is 1.77 bits per heavy atom. The zero-order valence-electron chi connectivity index (χ0n) is 17.6. The summed E-state index contributed by atoms with van der Waals surface area (Å²) in [7, 11) is 0. The molecule has 0 spiro atoms. The van der Waals surface area contributed by atoms with Gasteiger partial charge in [0.1, 0.15) is 5.82 Å². The van der Waals surface area contributed by atoms with Gasteiger partial charge in [-0.15, -0.1) is 0 Å². The van der Waals surface area contributed by atoms with Crippen LogP contribution in [0.3, 0.4) is 0 Å². The van der Waals surface area contributed by atoms with E-state index in [-0.39, 0.29) is 17.8 Å². The van der Waals surface area contributed by atoms with Crippen LogP contribution in [0, 0.1) is 5.82 Å². The maximum Gasteiger partial charge on any atom is 0.257 e. The van der Waals surface area contributed by atoms with Crippen LogP contribution < -0.4 is 0 Å². The predicted molar refractivity (Wildman–Crippen MR) is 118 cm³/mol. The summed E-state index contributed by atoms with van der Waals surface area (Å²) in [5, 5.41) is 6.24. The Bertz CT molecular complexity index is 892. The minimum absolute atomic E-state index is 0.0115. The minimum Gasteiger partial charge on any atom is -0.292 e. The lowest BCUT2D eigenvalue weighted by Gasteiger charge is -2.34. The lowest BCUT2D eigenvalue weighted by atomic mass is 9.94. The van der Waals surface area contributed by atoms with E-state index in [0.717, 1.165) is 24.9 Å². The Balaban J connectivity index is 1.59. The van der Waals surface area contributed by atoms with Gasteiger partial charge in [0, 0.05) is 18.0 Å². The summed E-state index contributed by atoms with van der Waals surface area (Å²) in [4.78, 5) is 15.7. The molecule has 0 aromatic heterocycles. The molecule has 5 heteroatoms. The topological polar surface area (TPSA) is 35.9 Å². The number of amides is 1. The van der Waals surface area contributed by atoms with Crippen LogP contribution >= 0.6 is 0 Å². The minimum atomic E-state index is -0.297. The Hall–Kier alpha value is -2.53. The first kappa shape index (κ1) is 20.7. The number of rotatable bonds is 6. The number of carbonyl (C=O) groups is 1. The van der Waals surface area contributed by atoms with Crippen molar-refractivity contribution in [3.8, 4) is 0 Å². The van der Waals surface area contributed by atoms with E-state index in [0.29, 0.717) is 30.3 Å². The smallest absolute Gasteiger partial charge is 0.257 e. The molecule has 2 aromatic carbocycles. The second kappa shape index (κ2) is 9.52. The first-order chi connectivity index (χ1) is 14.7. The van der Waals surface area contributed by atoms with Crippen molar-refractivity contribution in [2.45, 2.75) is 57.5 Å². The second-order valence-corrected chi connectivity index (χ2v) is 8.25. The molecule has 4 rings (SSSR count). The lowest BCUT2D eigenvalue weighted by molar-refractivity contribution is -0.135. The molecule has 0 radical (unpaired) electrons. The SMILES string of the molecule is CCN(CC(=O)N1N=C(c2ccccc2F)CC1c1ccccc1)C1CCCCC1. The molecule has 0 bridgehead atoms. The number of benzene rings is 2. The second-order valence-electron chi connectivity index (χ2n) is 8.25. The van der Waals surface area contributed by atoms with Gasteiger partial charge in [0.2, 0.25) is 0 Å². The van der Waals surface area contributed by atoms with E-state index in [9.17, 15) is 9.18 Å². The number of hydrazone groups is 1. The number of hydrogen-bond acceptors (Lipinski definition) is 3. The number of likely N-dealkylation sites (N-methyl/N-ethyl adjacent to an activating group) is 1. The summed E-state index contributed by atoms with van der Waals surface area (Å²) < 4.78 is 14.4. The summed E-state index contributed by atoms with van der Waals surface area (Å²) in [5.41, 5.74) is 2.14. The molecule has 0 N–H and O–H groups in total. The number of halogens is 1. The lowest BCUT2D eigenvalue weighted by Crippen LogP contribution is -2.44. The van der Waals surface area contributed by atoms with Crippen LogP contribution in [-0.2, 0) is 4.79 Å². The number of carbonyl (C=O) groups excluding carboxylic acids is 1. The average Bonchev–Trinajstić information content (AvgIpc) is 3.24.